The Morgan fingerprint density at radius 2 is 1.89 bits per heavy atom. The maximum atomic E-state index is 14.6. The molecule has 5 aliphatic rings. The number of halogens is 3. The Kier molecular flexibility index (Phi) is 11.0. The Hall–Kier alpha value is -4.05. The quantitative estimate of drug-likeness (QED) is 0.366. The number of nitrogens with zero attached hydrogens (tertiary/aromatic N) is 3. The van der Waals surface area contributed by atoms with Crippen molar-refractivity contribution in [1.82, 2.24) is 24.8 Å². The smallest absolute Gasteiger partial charge is 0.265 e. The highest BCUT2D eigenvalue weighted by Gasteiger charge is 2.62. The maximum Gasteiger partial charge on any atom is 0.265 e. The number of methoxy groups -OCH3 is 1. The zero-order chi connectivity index (χ0) is 39.1. The Morgan fingerprint density at radius 1 is 1.09 bits per heavy atom. The minimum atomic E-state index is -3.93. The van der Waals surface area contributed by atoms with E-state index >= 15 is 0 Å². The molecule has 55 heavy (non-hydrogen) atoms. The summed E-state index contributed by atoms with van der Waals surface area (Å²) < 4.78 is 68.2. The second-order valence-electron chi connectivity index (χ2n) is 15.5. The van der Waals surface area contributed by atoms with E-state index in [2.05, 4.69) is 15.0 Å². The number of ether oxygens (including phenoxy) is 2. The van der Waals surface area contributed by atoms with Crippen LogP contribution >= 0.6 is 11.6 Å². The van der Waals surface area contributed by atoms with Gasteiger partial charge < -0.3 is 24.6 Å². The largest absolute Gasteiger partial charge is 0.495 e. The van der Waals surface area contributed by atoms with Crippen LogP contribution in [0.2, 0.25) is 5.02 Å². The number of allylic oxidation sites excluding steroid dienone is 1. The average molecular weight is 806 g/mol. The summed E-state index contributed by atoms with van der Waals surface area (Å²) in [4.78, 5) is 63.1. The van der Waals surface area contributed by atoms with Crippen molar-refractivity contribution in [3.05, 3.63) is 41.6 Å². The zero-order valence-electron chi connectivity index (χ0n) is 30.6. The van der Waals surface area contributed by atoms with Crippen LogP contribution in [0.25, 0.3) is 10.8 Å². The monoisotopic (exact) mass is 805 g/mol. The second kappa shape index (κ2) is 15.5. The fourth-order valence-corrected chi connectivity index (χ4v) is 9.75. The number of benzene rings is 1. The van der Waals surface area contributed by atoms with E-state index in [0.717, 1.165) is 11.3 Å². The third-order valence-electron chi connectivity index (χ3n) is 11.4. The van der Waals surface area contributed by atoms with Gasteiger partial charge in [0.1, 0.15) is 23.4 Å². The average Bonchev–Trinajstić information content (AvgIpc) is 4.07. The molecule has 2 aliphatic carbocycles. The van der Waals surface area contributed by atoms with Crippen LogP contribution in [0.1, 0.15) is 77.0 Å². The molecule has 4 heterocycles. The van der Waals surface area contributed by atoms with Gasteiger partial charge >= 0.3 is 0 Å². The van der Waals surface area contributed by atoms with Crippen LogP contribution in [-0.2, 0) is 29.2 Å². The molecule has 13 nitrogen and oxygen atoms in total. The summed E-state index contributed by atoms with van der Waals surface area (Å²) in [5.41, 5.74) is -1.55. The molecule has 17 heteroatoms. The third-order valence-corrected chi connectivity index (χ3v) is 13.6. The van der Waals surface area contributed by atoms with Crippen LogP contribution in [-0.4, -0.2) is 102 Å². The summed E-state index contributed by atoms with van der Waals surface area (Å²) in [7, 11) is -2.43. The molecule has 0 unspecified atom stereocenters. The predicted molar refractivity (Wildman–Crippen MR) is 198 cm³/mol. The number of hydrogen-bond donors (Lipinski definition) is 2. The molecule has 4 amide bonds. The molecule has 3 aliphatic heterocycles. The van der Waals surface area contributed by atoms with Gasteiger partial charge in [-0.2, -0.15) is 0 Å². The number of alkyl halides is 2. The maximum absolute atomic E-state index is 14.6. The normalized spacial score (nSPS) is 29.2. The van der Waals surface area contributed by atoms with Gasteiger partial charge in [0, 0.05) is 54.6 Å². The molecule has 0 bridgehead atoms. The van der Waals surface area contributed by atoms with Gasteiger partial charge in [-0.25, -0.2) is 22.2 Å². The fraction of sp³-hybridized carbons (Fsp3) is 0.605. The van der Waals surface area contributed by atoms with E-state index in [0.29, 0.717) is 60.1 Å². The molecular formula is C38H46ClF2N5O8S. The Bertz CT molecular complexity index is 2000. The highest BCUT2D eigenvalue weighted by Crippen LogP contribution is 2.46. The lowest BCUT2D eigenvalue weighted by molar-refractivity contribution is -0.148. The van der Waals surface area contributed by atoms with Crippen molar-refractivity contribution in [3.63, 3.8) is 0 Å². The molecule has 4 fully saturated rings. The van der Waals surface area contributed by atoms with Crippen LogP contribution in [0.4, 0.5) is 8.78 Å². The lowest BCUT2D eigenvalue weighted by atomic mass is 9.94. The number of carbonyl (C=O) groups is 4. The number of pyridine rings is 1. The van der Waals surface area contributed by atoms with Crippen LogP contribution in [0.5, 0.6) is 11.6 Å². The number of fused-ring (bicyclic) bond motifs is 3. The van der Waals surface area contributed by atoms with Crippen molar-refractivity contribution in [1.29, 1.82) is 0 Å². The SMILES string of the molecule is COc1ccc2c(O[C@@H]3C[C@H]4C(=O)N[C@]5(C(=O)NS(=O)(=O)C6CC6)C[C@H]5/C=C\CCCCC[C@H](CC(=O)N5CCCC(F)(F)C5)C(=O)N4C3)nccc2c1Cl. The first kappa shape index (κ1) is 39.2. The van der Waals surface area contributed by atoms with E-state index < -0.39 is 80.9 Å². The van der Waals surface area contributed by atoms with Crippen LogP contribution in [0.15, 0.2) is 36.5 Å². The van der Waals surface area contributed by atoms with E-state index in [4.69, 9.17) is 21.1 Å². The summed E-state index contributed by atoms with van der Waals surface area (Å²) in [5, 5.41) is 3.70. The number of sulfonamides is 1. The standard InChI is InChI=1S/C38H46ClF2N5O8S/c1-53-30-13-12-28-27(32(30)39)14-16-42-34(28)54-25-19-29-33(48)43-38(36(50)44-55(51,52)26-10-11-26)20-24(38)9-6-4-2-3-5-8-23(35(49)46(29)21-25)18-31(47)45-17-7-15-37(40,41)22-45/h6,9,12-14,16,23-26,29H,2-5,7-8,10-11,15,17-22H2,1H3,(H,43,48)(H,44,50)/b9-6-/t23-,24-,25-,29+,38-/m1/s1. The summed E-state index contributed by atoms with van der Waals surface area (Å²) in [6, 6.07) is 3.94. The lowest BCUT2D eigenvalue weighted by Crippen LogP contribution is -2.57. The Balaban J connectivity index is 1.19. The molecule has 2 aromatic rings. The van der Waals surface area contributed by atoms with Gasteiger partial charge in [-0.05, 0) is 63.1 Å². The van der Waals surface area contributed by atoms with Gasteiger partial charge in [0.15, 0.2) is 0 Å². The number of likely N-dealkylation sites (tertiary alicyclic amines) is 1. The van der Waals surface area contributed by atoms with Gasteiger partial charge in [0.25, 0.3) is 11.8 Å². The summed E-state index contributed by atoms with van der Waals surface area (Å²) >= 11 is 6.58. The Morgan fingerprint density at radius 3 is 2.64 bits per heavy atom. The van der Waals surface area contributed by atoms with Crippen molar-refractivity contribution < 1.29 is 45.9 Å². The summed E-state index contributed by atoms with van der Waals surface area (Å²) in [5.74, 6) is -6.30. The molecule has 2 N–H and O–H groups in total. The van der Waals surface area contributed by atoms with Gasteiger partial charge in [-0.1, -0.05) is 36.6 Å². The molecule has 1 aromatic carbocycles. The number of hydrogen-bond acceptors (Lipinski definition) is 9. The van der Waals surface area contributed by atoms with Crippen LogP contribution in [0, 0.1) is 11.8 Å². The molecule has 2 saturated carbocycles. The summed E-state index contributed by atoms with van der Waals surface area (Å²) in [6.07, 6.45) is 8.05. The Labute approximate surface area is 323 Å². The van der Waals surface area contributed by atoms with E-state index in [1.165, 1.54) is 18.2 Å². The number of aromatic nitrogens is 1. The predicted octanol–water partition coefficient (Wildman–Crippen LogP) is 4.51. The van der Waals surface area contributed by atoms with Gasteiger partial charge in [-0.15, -0.1) is 0 Å². The molecule has 5 atom stereocenters. The zero-order valence-corrected chi connectivity index (χ0v) is 32.2. The highest BCUT2D eigenvalue weighted by atomic mass is 35.5. The summed E-state index contributed by atoms with van der Waals surface area (Å²) in [6.45, 7) is -0.620. The van der Waals surface area contributed by atoms with Gasteiger partial charge in [0.05, 0.1) is 30.5 Å². The van der Waals surface area contributed by atoms with E-state index in [9.17, 15) is 36.4 Å². The fourth-order valence-electron chi connectivity index (χ4n) is 8.08. The number of rotatable bonds is 8. The van der Waals surface area contributed by atoms with Crippen molar-refractivity contribution in [2.24, 2.45) is 11.8 Å². The molecule has 0 spiro atoms. The number of carbonyl (C=O) groups excluding carboxylic acids is 4. The molecule has 7 rings (SSSR count). The van der Waals surface area contributed by atoms with Gasteiger partial charge in [0.2, 0.25) is 33.6 Å². The molecule has 0 radical (unpaired) electrons. The van der Waals surface area contributed by atoms with Crippen molar-refractivity contribution in [3.8, 4) is 11.6 Å². The van der Waals surface area contributed by atoms with Crippen LogP contribution < -0.4 is 19.5 Å². The number of amides is 4. The van der Waals surface area contributed by atoms with Crippen LogP contribution in [0.3, 0.4) is 0 Å². The third kappa shape index (κ3) is 8.40. The second-order valence-corrected chi connectivity index (χ2v) is 17.8. The van der Waals surface area contributed by atoms with E-state index in [1.54, 1.807) is 18.2 Å². The highest BCUT2D eigenvalue weighted by molar-refractivity contribution is 7.91. The first-order valence-corrected chi connectivity index (χ1v) is 20.9. The molecule has 1 aromatic heterocycles. The van der Waals surface area contributed by atoms with Crippen molar-refractivity contribution in [2.45, 2.75) is 106 Å². The first-order valence-electron chi connectivity index (χ1n) is 19.0. The van der Waals surface area contributed by atoms with Crippen molar-refractivity contribution >= 4 is 56.0 Å². The number of piperidine rings is 1. The first-order chi connectivity index (χ1) is 26.2. The number of nitrogens with one attached hydrogen (secondary N) is 2. The topological polar surface area (TPSA) is 164 Å². The van der Waals surface area contributed by atoms with Crippen molar-refractivity contribution in [2.75, 3.05) is 26.7 Å². The minimum Gasteiger partial charge on any atom is -0.495 e. The van der Waals surface area contributed by atoms with Gasteiger partial charge in [-0.3, -0.25) is 23.9 Å². The molecule has 298 valence electrons. The lowest BCUT2D eigenvalue weighted by Gasteiger charge is -2.34. The van der Waals surface area contributed by atoms with E-state index in [-0.39, 0.29) is 51.1 Å². The minimum absolute atomic E-state index is 0.0167. The molecule has 2 saturated heterocycles. The van der Waals surface area contributed by atoms with E-state index in [1.807, 2.05) is 12.2 Å². The molecular weight excluding hydrogens is 760 g/mol.